The van der Waals surface area contributed by atoms with Gasteiger partial charge in [-0.2, -0.15) is 0 Å². The molecule has 0 saturated heterocycles. The third-order valence-corrected chi connectivity index (χ3v) is 7.75. The normalized spacial score (nSPS) is 13.7. The number of ether oxygens (including phenoxy) is 3. The van der Waals surface area contributed by atoms with Crippen molar-refractivity contribution in [2.24, 2.45) is 9.98 Å². The van der Waals surface area contributed by atoms with Crippen LogP contribution in [-0.4, -0.2) is 83.6 Å². The summed E-state index contributed by atoms with van der Waals surface area (Å²) in [4.78, 5) is 12.5. The summed E-state index contributed by atoms with van der Waals surface area (Å²) >= 11 is 0. The van der Waals surface area contributed by atoms with Crippen molar-refractivity contribution in [2.75, 3.05) is 25.5 Å². The highest BCUT2D eigenvalue weighted by molar-refractivity contribution is 7.93. The van der Waals surface area contributed by atoms with Gasteiger partial charge in [0.15, 0.2) is 11.7 Å². The van der Waals surface area contributed by atoms with E-state index in [1.54, 1.807) is 44.4 Å². The highest BCUT2D eigenvalue weighted by Crippen LogP contribution is 2.38. The smallest absolute Gasteiger partial charge is 0.243 e. The van der Waals surface area contributed by atoms with Crippen LogP contribution in [0, 0.1) is 6.92 Å². The van der Waals surface area contributed by atoms with Gasteiger partial charge < -0.3 is 19.3 Å². The fourth-order valence-corrected chi connectivity index (χ4v) is 5.07. The molecule has 0 saturated carbocycles. The summed E-state index contributed by atoms with van der Waals surface area (Å²) in [5.41, 5.74) is 1.41. The summed E-state index contributed by atoms with van der Waals surface area (Å²) in [5, 5.41) is 17.6. The summed E-state index contributed by atoms with van der Waals surface area (Å²) < 4.78 is 49.2. The molecule has 0 aliphatic carbocycles. The lowest BCUT2D eigenvalue weighted by atomic mass is 10.1. The van der Waals surface area contributed by atoms with E-state index in [2.05, 4.69) is 36.6 Å². The second-order valence-electron chi connectivity index (χ2n) is 10.7. The van der Waals surface area contributed by atoms with E-state index in [-0.39, 0.29) is 24.2 Å². The second kappa shape index (κ2) is 13.9. The molecule has 0 amide bonds. The van der Waals surface area contributed by atoms with Gasteiger partial charge in [-0.15, -0.1) is 10.2 Å². The molecule has 43 heavy (non-hydrogen) atoms. The van der Waals surface area contributed by atoms with Gasteiger partial charge in [0, 0.05) is 24.2 Å². The zero-order chi connectivity index (χ0) is 31.9. The first-order valence-corrected chi connectivity index (χ1v) is 14.9. The molecule has 14 heteroatoms. The lowest BCUT2D eigenvalue weighted by molar-refractivity contribution is -0.0345. The predicted molar refractivity (Wildman–Crippen MR) is 167 cm³/mol. The number of allylic oxidation sites excluding steroid dienone is 1. The maximum atomic E-state index is 14.0. The van der Waals surface area contributed by atoms with Crippen LogP contribution in [0.5, 0.6) is 11.5 Å². The number of hydrogen-bond acceptors (Lipinski definition) is 10. The number of aryl methyl sites for hydroxylation is 1. The largest absolute Gasteiger partial charge is 0.494 e. The molecule has 3 aromatic rings. The molecule has 232 valence electrons. The van der Waals surface area contributed by atoms with Gasteiger partial charge >= 0.3 is 0 Å². The van der Waals surface area contributed by atoms with Crippen LogP contribution in [-0.2, 0) is 14.8 Å². The Morgan fingerprint density at radius 1 is 1.19 bits per heavy atom. The van der Waals surface area contributed by atoms with Crippen LogP contribution in [0.2, 0.25) is 0 Å². The minimum atomic E-state index is -4.29. The Kier molecular flexibility index (Phi) is 10.8. The number of rotatable bonds is 13. The van der Waals surface area contributed by atoms with Crippen molar-refractivity contribution in [3.05, 3.63) is 54.0 Å². The van der Waals surface area contributed by atoms with Crippen LogP contribution in [0.3, 0.4) is 0 Å². The van der Waals surface area contributed by atoms with E-state index in [1.807, 2.05) is 26.8 Å². The van der Waals surface area contributed by atoms with Gasteiger partial charge in [-0.25, -0.2) is 18.4 Å². The zero-order valence-corrected chi connectivity index (χ0v) is 26.5. The molecule has 0 bridgehead atoms. The van der Waals surface area contributed by atoms with Gasteiger partial charge in [0.2, 0.25) is 16.0 Å². The number of aliphatic imine (C=N–C) groups is 2. The van der Waals surface area contributed by atoms with Gasteiger partial charge in [0.1, 0.15) is 28.5 Å². The number of sulfonamides is 1. The van der Waals surface area contributed by atoms with Gasteiger partial charge in [0.05, 0.1) is 26.4 Å². The number of methoxy groups -OCH3 is 2. The third-order valence-electron chi connectivity index (χ3n) is 6.06. The molecule has 1 aromatic carbocycles. The first-order chi connectivity index (χ1) is 20.2. The van der Waals surface area contributed by atoms with Crippen molar-refractivity contribution in [1.29, 1.82) is 0 Å². The summed E-state index contributed by atoms with van der Waals surface area (Å²) in [6, 6.07) is 7.00. The highest BCUT2D eigenvalue weighted by Gasteiger charge is 2.37. The second-order valence-corrected chi connectivity index (χ2v) is 12.7. The molecule has 0 radical (unpaired) electrons. The molecule has 0 aliphatic heterocycles. The van der Waals surface area contributed by atoms with Crippen molar-refractivity contribution >= 4 is 28.5 Å². The lowest BCUT2D eigenvalue weighted by Gasteiger charge is -2.27. The van der Waals surface area contributed by atoms with Gasteiger partial charge in [0.25, 0.3) is 0 Å². The van der Waals surface area contributed by atoms with E-state index in [9.17, 15) is 13.5 Å². The molecule has 2 heterocycles. The van der Waals surface area contributed by atoms with E-state index < -0.39 is 27.0 Å². The molecule has 3 rings (SSSR count). The maximum absolute atomic E-state index is 14.0. The first kappa shape index (κ1) is 33.4. The fourth-order valence-electron chi connectivity index (χ4n) is 3.97. The number of hydrogen-bond donors (Lipinski definition) is 2. The van der Waals surface area contributed by atoms with E-state index in [0.29, 0.717) is 22.7 Å². The molecular formula is C29H39N7O6S. The Morgan fingerprint density at radius 3 is 2.37 bits per heavy atom. The van der Waals surface area contributed by atoms with Crippen LogP contribution in [0.25, 0.3) is 17.1 Å². The monoisotopic (exact) mass is 613 g/mol. The van der Waals surface area contributed by atoms with E-state index in [1.165, 1.54) is 31.9 Å². The Bertz CT molecular complexity index is 1580. The van der Waals surface area contributed by atoms with Gasteiger partial charge in [-0.05, 0) is 72.0 Å². The van der Waals surface area contributed by atoms with Crippen LogP contribution in [0.15, 0.2) is 58.4 Å². The molecule has 0 fully saturated rings. The standard InChI is InChI=1S/C29H39N7O6S/c1-18(2)14-32-26(30-7)25(42-17-29(5,6)37)20(4)43(38,39)35-28-34-33-27(21-13-19(3)15-31-16-21)36(28)24-22(40-8)11-10-12-23(24)41-9/h10-16,20,25,37H,7,17H2,1-6,8-9H3,(H,34,35)/b32-26-/t20-,25-/m0/s1. The molecular weight excluding hydrogens is 574 g/mol. The number of aromatic nitrogens is 4. The van der Waals surface area contributed by atoms with Crippen molar-refractivity contribution < 1.29 is 27.7 Å². The summed E-state index contributed by atoms with van der Waals surface area (Å²) in [6.45, 7) is 13.4. The van der Waals surface area contributed by atoms with Crippen LogP contribution >= 0.6 is 0 Å². The minimum absolute atomic E-state index is 0.0303. The number of amidine groups is 1. The van der Waals surface area contributed by atoms with E-state index in [0.717, 1.165) is 11.1 Å². The summed E-state index contributed by atoms with van der Waals surface area (Å²) in [5.74, 6) is 0.947. The van der Waals surface area contributed by atoms with Gasteiger partial charge in [-0.3, -0.25) is 14.3 Å². The number of aliphatic hydroxyl groups is 1. The Balaban J connectivity index is 2.19. The summed E-state index contributed by atoms with van der Waals surface area (Å²) in [7, 11) is -1.31. The quantitative estimate of drug-likeness (QED) is 0.215. The number of anilines is 1. The predicted octanol–water partition coefficient (Wildman–Crippen LogP) is 3.96. The summed E-state index contributed by atoms with van der Waals surface area (Å²) in [6.07, 6.45) is 3.62. The lowest BCUT2D eigenvalue weighted by Crippen LogP contribution is -2.44. The number of pyridine rings is 1. The number of para-hydroxylation sites is 1. The Labute approximate surface area is 252 Å². The SMILES string of the molecule is C=N/C(=N\C=C(C)C)[C@@H](OCC(C)(C)O)[C@H](C)S(=O)(=O)Nc1nnc(-c2cncc(C)c2)n1-c1c(OC)cccc1OC. The number of nitrogens with zero attached hydrogens (tertiary/aromatic N) is 6. The Morgan fingerprint density at radius 2 is 1.84 bits per heavy atom. The topological polar surface area (TPSA) is 162 Å². The van der Waals surface area contributed by atoms with Crippen molar-refractivity contribution in [3.8, 4) is 28.6 Å². The minimum Gasteiger partial charge on any atom is -0.494 e. The third kappa shape index (κ3) is 8.24. The average molecular weight is 614 g/mol. The van der Waals surface area contributed by atoms with Crippen LogP contribution < -0.4 is 14.2 Å². The molecule has 2 atom stereocenters. The molecule has 0 aliphatic rings. The first-order valence-electron chi connectivity index (χ1n) is 13.3. The zero-order valence-electron chi connectivity index (χ0n) is 25.7. The van der Waals surface area contributed by atoms with Crippen LogP contribution in [0.4, 0.5) is 5.95 Å². The molecule has 2 aromatic heterocycles. The Hall–Kier alpha value is -4.14. The van der Waals surface area contributed by atoms with Crippen LogP contribution in [0.1, 0.15) is 40.2 Å². The van der Waals surface area contributed by atoms with Gasteiger partial charge in [-0.1, -0.05) is 11.6 Å². The fraction of sp³-hybridized carbons (Fsp3) is 0.414. The molecule has 0 spiro atoms. The number of nitrogens with one attached hydrogen (secondary N) is 1. The molecule has 2 N–H and O–H groups in total. The average Bonchev–Trinajstić information content (AvgIpc) is 3.35. The van der Waals surface area contributed by atoms with Crippen molar-refractivity contribution in [2.45, 2.75) is 58.5 Å². The van der Waals surface area contributed by atoms with E-state index >= 15 is 0 Å². The highest BCUT2D eigenvalue weighted by atomic mass is 32.2. The van der Waals surface area contributed by atoms with E-state index in [4.69, 9.17) is 14.2 Å². The number of benzene rings is 1. The van der Waals surface area contributed by atoms with Crippen molar-refractivity contribution in [1.82, 2.24) is 19.7 Å². The molecule has 0 unspecified atom stereocenters. The van der Waals surface area contributed by atoms with Crippen molar-refractivity contribution in [3.63, 3.8) is 0 Å². The maximum Gasteiger partial charge on any atom is 0.243 e. The molecule has 13 nitrogen and oxygen atoms in total.